The van der Waals surface area contributed by atoms with Crippen molar-refractivity contribution in [2.24, 2.45) is 5.73 Å². The smallest absolute Gasteiger partial charge is 0.142 e. The number of benzene rings is 1. The molecule has 2 aliphatic rings. The van der Waals surface area contributed by atoms with Crippen LogP contribution in [0.25, 0.3) is 0 Å². The number of nitrogens with zero attached hydrogens (tertiary/aromatic N) is 2. The Bertz CT molecular complexity index is 455. The third-order valence-electron chi connectivity index (χ3n) is 4.81. The lowest BCUT2D eigenvalue weighted by Gasteiger charge is -2.48. The average Bonchev–Trinajstić information content (AvgIpc) is 2.71. The zero-order valence-corrected chi connectivity index (χ0v) is 12.3. The van der Waals surface area contributed by atoms with Gasteiger partial charge in [0.25, 0.3) is 0 Å². The standard InChI is InChI=1S/C16H25N3O/c1-18-10-7-16(13-17,8-11-18)19-9-4-12-20-15-6-3-2-5-14(15)19/h2-3,5-6H,4,7-13,17H2,1H3. The summed E-state index contributed by atoms with van der Waals surface area (Å²) in [6.07, 6.45) is 3.33. The predicted molar refractivity (Wildman–Crippen MR) is 82.4 cm³/mol. The molecule has 1 fully saturated rings. The summed E-state index contributed by atoms with van der Waals surface area (Å²) >= 11 is 0. The maximum Gasteiger partial charge on any atom is 0.142 e. The highest BCUT2D eigenvalue weighted by Gasteiger charge is 2.39. The summed E-state index contributed by atoms with van der Waals surface area (Å²) in [6.45, 7) is 4.80. The summed E-state index contributed by atoms with van der Waals surface area (Å²) in [5.41, 5.74) is 7.54. The average molecular weight is 275 g/mol. The van der Waals surface area contributed by atoms with E-state index in [2.05, 4.69) is 35.0 Å². The lowest BCUT2D eigenvalue weighted by Crippen LogP contribution is -2.59. The molecule has 0 aliphatic carbocycles. The molecule has 0 saturated carbocycles. The van der Waals surface area contributed by atoms with E-state index in [4.69, 9.17) is 10.5 Å². The van der Waals surface area contributed by atoms with Crippen LogP contribution in [0.4, 0.5) is 5.69 Å². The zero-order valence-electron chi connectivity index (χ0n) is 12.3. The van der Waals surface area contributed by atoms with Crippen LogP contribution in [-0.2, 0) is 0 Å². The lowest BCUT2D eigenvalue weighted by molar-refractivity contribution is 0.185. The summed E-state index contributed by atoms with van der Waals surface area (Å²) in [4.78, 5) is 4.93. The third kappa shape index (κ3) is 2.38. The van der Waals surface area contributed by atoms with Crippen LogP contribution in [0.1, 0.15) is 19.3 Å². The molecule has 110 valence electrons. The van der Waals surface area contributed by atoms with Crippen molar-refractivity contribution >= 4 is 5.69 Å². The van der Waals surface area contributed by atoms with Crippen molar-refractivity contribution in [2.75, 3.05) is 44.7 Å². The number of rotatable bonds is 2. The van der Waals surface area contributed by atoms with Crippen LogP contribution in [0.15, 0.2) is 24.3 Å². The number of para-hydroxylation sites is 2. The van der Waals surface area contributed by atoms with E-state index in [9.17, 15) is 0 Å². The summed E-state index contributed by atoms with van der Waals surface area (Å²) in [5.74, 6) is 1.01. The van der Waals surface area contributed by atoms with E-state index in [1.807, 2.05) is 6.07 Å². The third-order valence-corrected chi connectivity index (χ3v) is 4.81. The molecule has 4 nitrogen and oxygen atoms in total. The van der Waals surface area contributed by atoms with Crippen molar-refractivity contribution in [1.29, 1.82) is 0 Å². The van der Waals surface area contributed by atoms with Gasteiger partial charge in [0.15, 0.2) is 0 Å². The van der Waals surface area contributed by atoms with Crippen molar-refractivity contribution in [2.45, 2.75) is 24.8 Å². The monoisotopic (exact) mass is 275 g/mol. The van der Waals surface area contributed by atoms with Crippen LogP contribution in [0.5, 0.6) is 5.75 Å². The van der Waals surface area contributed by atoms with E-state index in [-0.39, 0.29) is 5.54 Å². The molecular weight excluding hydrogens is 250 g/mol. The van der Waals surface area contributed by atoms with Gasteiger partial charge < -0.3 is 20.3 Å². The molecule has 2 N–H and O–H groups in total. The Labute approximate surface area is 121 Å². The van der Waals surface area contributed by atoms with Gasteiger partial charge in [-0.25, -0.2) is 0 Å². The van der Waals surface area contributed by atoms with Crippen molar-refractivity contribution in [3.8, 4) is 5.75 Å². The summed E-state index contributed by atoms with van der Waals surface area (Å²) in [7, 11) is 2.19. The maximum atomic E-state index is 6.22. The minimum atomic E-state index is 0.0936. The Balaban J connectivity index is 1.95. The molecule has 3 rings (SSSR count). The second-order valence-corrected chi connectivity index (χ2v) is 6.05. The first-order chi connectivity index (χ1) is 9.75. The maximum absolute atomic E-state index is 6.22. The first-order valence-corrected chi connectivity index (χ1v) is 7.63. The van der Waals surface area contributed by atoms with Crippen LogP contribution in [0, 0.1) is 0 Å². The molecule has 0 aromatic heterocycles. The van der Waals surface area contributed by atoms with E-state index >= 15 is 0 Å². The van der Waals surface area contributed by atoms with E-state index < -0.39 is 0 Å². The van der Waals surface area contributed by atoms with Gasteiger partial charge in [0, 0.05) is 26.2 Å². The summed E-state index contributed by atoms with van der Waals surface area (Å²) in [5, 5.41) is 0. The lowest BCUT2D eigenvalue weighted by atomic mass is 9.85. The van der Waals surface area contributed by atoms with Crippen LogP contribution < -0.4 is 15.4 Å². The van der Waals surface area contributed by atoms with Crippen molar-refractivity contribution in [1.82, 2.24) is 4.90 Å². The second kappa shape index (κ2) is 5.62. The highest BCUT2D eigenvalue weighted by Crippen LogP contribution is 2.38. The van der Waals surface area contributed by atoms with Gasteiger partial charge >= 0.3 is 0 Å². The van der Waals surface area contributed by atoms with Gasteiger partial charge in [0.1, 0.15) is 5.75 Å². The number of anilines is 1. The molecule has 0 bridgehead atoms. The molecular formula is C16H25N3O. The van der Waals surface area contributed by atoms with Gasteiger partial charge in [-0.15, -0.1) is 0 Å². The number of likely N-dealkylation sites (tertiary alicyclic amines) is 1. The fraction of sp³-hybridized carbons (Fsp3) is 0.625. The van der Waals surface area contributed by atoms with Crippen LogP contribution in [0.3, 0.4) is 0 Å². The van der Waals surface area contributed by atoms with E-state index in [0.29, 0.717) is 0 Å². The largest absolute Gasteiger partial charge is 0.491 e. The first-order valence-electron chi connectivity index (χ1n) is 7.63. The van der Waals surface area contributed by atoms with Gasteiger partial charge in [-0.1, -0.05) is 12.1 Å². The van der Waals surface area contributed by atoms with E-state index in [1.165, 1.54) is 5.69 Å². The predicted octanol–water partition coefficient (Wildman–Crippen LogP) is 1.70. The normalized spacial score (nSPS) is 22.8. The number of ether oxygens (including phenoxy) is 1. The number of fused-ring (bicyclic) bond motifs is 1. The molecule has 20 heavy (non-hydrogen) atoms. The quantitative estimate of drug-likeness (QED) is 0.892. The van der Waals surface area contributed by atoms with Crippen molar-refractivity contribution in [3.05, 3.63) is 24.3 Å². The molecule has 1 aromatic carbocycles. The van der Waals surface area contributed by atoms with Gasteiger partial charge in [0.05, 0.1) is 17.8 Å². The van der Waals surface area contributed by atoms with E-state index in [0.717, 1.165) is 57.8 Å². The zero-order chi connectivity index (χ0) is 14.0. The van der Waals surface area contributed by atoms with Gasteiger partial charge in [-0.3, -0.25) is 0 Å². The molecule has 0 atom stereocenters. The minimum Gasteiger partial charge on any atom is -0.491 e. The van der Waals surface area contributed by atoms with Gasteiger partial charge in [-0.2, -0.15) is 0 Å². The Morgan fingerprint density at radius 2 is 1.95 bits per heavy atom. The molecule has 0 unspecified atom stereocenters. The number of nitrogens with two attached hydrogens (primary N) is 1. The van der Waals surface area contributed by atoms with Crippen molar-refractivity contribution in [3.63, 3.8) is 0 Å². The number of hydrogen-bond acceptors (Lipinski definition) is 4. The molecule has 1 aromatic rings. The fourth-order valence-corrected chi connectivity index (χ4v) is 3.44. The van der Waals surface area contributed by atoms with Crippen LogP contribution >= 0.6 is 0 Å². The van der Waals surface area contributed by atoms with Gasteiger partial charge in [0.2, 0.25) is 0 Å². The van der Waals surface area contributed by atoms with E-state index in [1.54, 1.807) is 0 Å². The second-order valence-electron chi connectivity index (χ2n) is 6.05. The highest BCUT2D eigenvalue weighted by molar-refractivity contribution is 5.61. The number of hydrogen-bond donors (Lipinski definition) is 1. The minimum absolute atomic E-state index is 0.0936. The van der Waals surface area contributed by atoms with Crippen molar-refractivity contribution < 1.29 is 4.74 Å². The first kappa shape index (κ1) is 13.7. The molecule has 2 heterocycles. The Kier molecular flexibility index (Phi) is 3.85. The molecule has 0 radical (unpaired) electrons. The Morgan fingerprint density at radius 1 is 1.20 bits per heavy atom. The van der Waals surface area contributed by atoms with Gasteiger partial charge in [-0.05, 0) is 38.4 Å². The highest BCUT2D eigenvalue weighted by atomic mass is 16.5. The molecule has 0 spiro atoms. The molecule has 2 aliphatic heterocycles. The Morgan fingerprint density at radius 3 is 2.70 bits per heavy atom. The topological polar surface area (TPSA) is 41.7 Å². The van der Waals surface area contributed by atoms with Crippen LogP contribution in [-0.4, -0.2) is 50.3 Å². The molecule has 4 heteroatoms. The molecule has 1 saturated heterocycles. The fourth-order valence-electron chi connectivity index (χ4n) is 3.44. The summed E-state index contributed by atoms with van der Waals surface area (Å²) in [6, 6.07) is 8.40. The molecule has 0 amide bonds. The summed E-state index contributed by atoms with van der Waals surface area (Å²) < 4.78 is 5.89. The Hall–Kier alpha value is -1.26. The number of piperidine rings is 1. The van der Waals surface area contributed by atoms with Crippen LogP contribution in [0.2, 0.25) is 0 Å². The SMILES string of the molecule is CN1CCC(CN)(N2CCCOc3ccccc32)CC1.